The van der Waals surface area contributed by atoms with E-state index in [9.17, 15) is 5.21 Å². The number of aromatic nitrogens is 1. The zero-order valence-corrected chi connectivity index (χ0v) is 10.3. The second-order valence-corrected chi connectivity index (χ2v) is 4.34. The highest BCUT2D eigenvalue weighted by atomic mass is 16.5. The van der Waals surface area contributed by atoms with Gasteiger partial charge in [-0.1, -0.05) is 42.5 Å². The third kappa shape index (κ3) is 2.50. The molecule has 0 atom stereocenters. The van der Waals surface area contributed by atoms with Gasteiger partial charge in [-0.25, -0.2) is 0 Å². The van der Waals surface area contributed by atoms with Crippen molar-refractivity contribution in [3.8, 4) is 5.75 Å². The van der Waals surface area contributed by atoms with Crippen LogP contribution in [0.15, 0.2) is 67.0 Å². The lowest BCUT2D eigenvalue weighted by Gasteiger charge is -2.09. The third-order valence-electron chi connectivity index (χ3n) is 2.99. The molecular weight excluding hydrogens is 238 g/mol. The Morgan fingerprint density at radius 3 is 2.63 bits per heavy atom. The number of hydrogen-bond acceptors (Lipinski definition) is 2. The molecule has 3 aromatic rings. The molecule has 0 fully saturated rings. The molecule has 2 aromatic carbocycles. The maximum atomic E-state index is 11.4. The Morgan fingerprint density at radius 1 is 0.947 bits per heavy atom. The highest BCUT2D eigenvalue weighted by Crippen LogP contribution is 2.24. The van der Waals surface area contributed by atoms with Gasteiger partial charge in [0.25, 0.3) is 0 Å². The summed E-state index contributed by atoms with van der Waals surface area (Å²) in [5.41, 5.74) is 1.10. The minimum absolute atomic E-state index is 0.494. The van der Waals surface area contributed by atoms with E-state index in [1.54, 1.807) is 6.07 Å². The van der Waals surface area contributed by atoms with Crippen LogP contribution in [0.3, 0.4) is 0 Å². The Morgan fingerprint density at radius 2 is 1.79 bits per heavy atom. The van der Waals surface area contributed by atoms with Crippen molar-refractivity contribution in [2.75, 3.05) is 0 Å². The van der Waals surface area contributed by atoms with E-state index >= 15 is 0 Å². The first-order chi connectivity index (χ1) is 9.33. The fourth-order valence-electron chi connectivity index (χ4n) is 2.03. The average Bonchev–Trinajstić information content (AvgIpc) is 2.46. The average molecular weight is 251 g/mol. The Labute approximate surface area is 111 Å². The molecule has 3 heteroatoms. The van der Waals surface area contributed by atoms with Crippen molar-refractivity contribution < 1.29 is 9.47 Å². The molecule has 0 N–H and O–H groups in total. The van der Waals surface area contributed by atoms with Gasteiger partial charge in [-0.05, 0) is 17.0 Å². The van der Waals surface area contributed by atoms with Crippen molar-refractivity contribution in [1.29, 1.82) is 0 Å². The summed E-state index contributed by atoms with van der Waals surface area (Å²) in [6, 6.07) is 17.5. The van der Waals surface area contributed by atoms with Crippen molar-refractivity contribution in [2.24, 2.45) is 0 Å². The molecule has 19 heavy (non-hydrogen) atoms. The molecule has 1 heterocycles. The van der Waals surface area contributed by atoms with E-state index in [0.717, 1.165) is 26.8 Å². The van der Waals surface area contributed by atoms with Crippen molar-refractivity contribution >= 4 is 10.8 Å². The fourth-order valence-corrected chi connectivity index (χ4v) is 2.03. The number of hydrogen-bond donors (Lipinski definition) is 0. The molecule has 3 nitrogen and oxygen atoms in total. The summed E-state index contributed by atoms with van der Waals surface area (Å²) < 4.78 is 6.60. The Bertz CT molecular complexity index is 695. The topological polar surface area (TPSA) is 36.2 Å². The summed E-state index contributed by atoms with van der Waals surface area (Å²) in [6.45, 7) is 0.494. The van der Waals surface area contributed by atoms with Gasteiger partial charge in [-0.15, -0.1) is 0 Å². The summed E-state index contributed by atoms with van der Waals surface area (Å²) in [6.07, 6.45) is 3.03. The summed E-state index contributed by atoms with van der Waals surface area (Å²) >= 11 is 0. The van der Waals surface area contributed by atoms with Crippen LogP contribution < -0.4 is 9.47 Å². The molecule has 1 aromatic heterocycles. The predicted molar refractivity (Wildman–Crippen MR) is 73.7 cm³/mol. The maximum Gasteiger partial charge on any atom is 0.191 e. The monoisotopic (exact) mass is 251 g/mol. The van der Waals surface area contributed by atoms with E-state index in [4.69, 9.17) is 4.74 Å². The van der Waals surface area contributed by atoms with Crippen molar-refractivity contribution in [1.82, 2.24) is 0 Å². The van der Waals surface area contributed by atoms with Crippen molar-refractivity contribution in [3.63, 3.8) is 0 Å². The molecule has 0 aliphatic rings. The highest BCUT2D eigenvalue weighted by Gasteiger charge is 2.05. The van der Waals surface area contributed by atoms with Gasteiger partial charge in [-0.2, -0.15) is 4.73 Å². The van der Waals surface area contributed by atoms with Gasteiger partial charge in [0.15, 0.2) is 12.4 Å². The lowest BCUT2D eigenvalue weighted by atomic mass is 10.1. The van der Waals surface area contributed by atoms with E-state index in [2.05, 4.69) is 0 Å². The van der Waals surface area contributed by atoms with E-state index in [0.29, 0.717) is 6.61 Å². The minimum Gasteiger partial charge on any atom is -0.619 e. The molecule has 0 amide bonds. The van der Waals surface area contributed by atoms with Crippen molar-refractivity contribution in [2.45, 2.75) is 6.61 Å². The van der Waals surface area contributed by atoms with Crippen LogP contribution in [0.2, 0.25) is 0 Å². The first-order valence-electron chi connectivity index (χ1n) is 6.11. The maximum absolute atomic E-state index is 11.4. The summed E-state index contributed by atoms with van der Waals surface area (Å²) in [4.78, 5) is 0. The lowest BCUT2D eigenvalue weighted by molar-refractivity contribution is -0.603. The smallest absolute Gasteiger partial charge is 0.191 e. The highest BCUT2D eigenvalue weighted by molar-refractivity contribution is 5.86. The van der Waals surface area contributed by atoms with Gasteiger partial charge < -0.3 is 9.94 Å². The molecule has 3 rings (SSSR count). The van der Waals surface area contributed by atoms with Crippen LogP contribution in [0.25, 0.3) is 10.8 Å². The summed E-state index contributed by atoms with van der Waals surface area (Å²) in [5.74, 6) is 0.728. The first-order valence-corrected chi connectivity index (χ1v) is 6.11. The standard InChI is InChI=1S/C16H13NO2/c18-17-10-9-14-7-4-8-16(15(14)11-17)19-12-13-5-2-1-3-6-13/h1-11H,12H2. The van der Waals surface area contributed by atoms with Crippen LogP contribution in [-0.4, -0.2) is 0 Å². The zero-order valence-electron chi connectivity index (χ0n) is 10.3. The number of pyridine rings is 1. The molecular formula is C16H13NO2. The normalized spacial score (nSPS) is 10.5. The predicted octanol–water partition coefficient (Wildman–Crippen LogP) is 3.05. The van der Waals surface area contributed by atoms with Crippen LogP contribution in [0, 0.1) is 5.21 Å². The lowest BCUT2D eigenvalue weighted by Crippen LogP contribution is -2.23. The number of benzene rings is 2. The minimum atomic E-state index is 0.494. The molecule has 0 aliphatic heterocycles. The van der Waals surface area contributed by atoms with Gasteiger partial charge in [0.2, 0.25) is 0 Å². The molecule has 0 aliphatic carbocycles. The van der Waals surface area contributed by atoms with Gasteiger partial charge in [0, 0.05) is 6.07 Å². The second kappa shape index (κ2) is 4.98. The molecule has 0 radical (unpaired) electrons. The molecule has 0 saturated heterocycles. The number of rotatable bonds is 3. The Balaban J connectivity index is 1.90. The van der Waals surface area contributed by atoms with Gasteiger partial charge >= 0.3 is 0 Å². The third-order valence-corrected chi connectivity index (χ3v) is 2.99. The number of ether oxygens (including phenoxy) is 1. The number of nitrogens with zero attached hydrogens (tertiary/aromatic N) is 1. The summed E-state index contributed by atoms with van der Waals surface area (Å²) in [7, 11) is 0. The van der Waals surface area contributed by atoms with E-state index in [1.807, 2.05) is 48.5 Å². The zero-order chi connectivity index (χ0) is 13.1. The fraction of sp³-hybridized carbons (Fsp3) is 0.0625. The van der Waals surface area contributed by atoms with E-state index in [1.165, 1.54) is 12.4 Å². The van der Waals surface area contributed by atoms with Crippen LogP contribution in [0.5, 0.6) is 5.75 Å². The van der Waals surface area contributed by atoms with E-state index in [-0.39, 0.29) is 0 Å². The molecule has 0 unspecified atom stereocenters. The van der Waals surface area contributed by atoms with E-state index < -0.39 is 0 Å². The summed E-state index contributed by atoms with van der Waals surface area (Å²) in [5, 5.41) is 13.2. The number of fused-ring (bicyclic) bond motifs is 1. The quantitative estimate of drug-likeness (QED) is 0.530. The SMILES string of the molecule is [O-][n+]1ccc2cccc(OCc3ccccc3)c2c1. The van der Waals surface area contributed by atoms with Gasteiger partial charge in [0.05, 0.1) is 5.39 Å². The van der Waals surface area contributed by atoms with Crippen molar-refractivity contribution in [3.05, 3.63) is 77.8 Å². The first kappa shape index (κ1) is 11.5. The second-order valence-electron chi connectivity index (χ2n) is 4.34. The molecule has 94 valence electrons. The van der Waals surface area contributed by atoms with Crippen LogP contribution in [0.4, 0.5) is 0 Å². The van der Waals surface area contributed by atoms with Crippen LogP contribution >= 0.6 is 0 Å². The van der Waals surface area contributed by atoms with Crippen LogP contribution in [-0.2, 0) is 6.61 Å². The van der Waals surface area contributed by atoms with Crippen LogP contribution in [0.1, 0.15) is 5.56 Å². The molecule has 0 spiro atoms. The van der Waals surface area contributed by atoms with Gasteiger partial charge in [0.1, 0.15) is 12.4 Å². The largest absolute Gasteiger partial charge is 0.619 e. The molecule has 0 bridgehead atoms. The van der Waals surface area contributed by atoms with Gasteiger partial charge in [-0.3, -0.25) is 0 Å². The molecule has 0 saturated carbocycles. The Hall–Kier alpha value is -2.55. The Kier molecular flexibility index (Phi) is 3.02.